The first kappa shape index (κ1) is 25.5. The van der Waals surface area contributed by atoms with E-state index in [4.69, 9.17) is 0 Å². The predicted molar refractivity (Wildman–Crippen MR) is 134 cm³/mol. The molecule has 2 aliphatic rings. The van der Waals surface area contributed by atoms with Crippen LogP contribution in [0.2, 0.25) is 0 Å². The van der Waals surface area contributed by atoms with Gasteiger partial charge >= 0.3 is 6.18 Å². The lowest BCUT2D eigenvalue weighted by molar-refractivity contribution is -0.137. The number of aliphatic imine (C=N–C) groups is 1. The highest BCUT2D eigenvalue weighted by atomic mass is 19.4. The van der Waals surface area contributed by atoms with E-state index in [9.17, 15) is 13.2 Å². The molecule has 1 saturated heterocycles. The zero-order chi connectivity index (χ0) is 25.0. The number of halogens is 3. The number of aromatic nitrogens is 2. The third kappa shape index (κ3) is 6.55. The van der Waals surface area contributed by atoms with E-state index >= 15 is 0 Å². The summed E-state index contributed by atoms with van der Waals surface area (Å²) in [6.45, 7) is 8.81. The largest absolute Gasteiger partial charge is 0.416 e. The van der Waals surface area contributed by atoms with Crippen molar-refractivity contribution in [3.63, 3.8) is 0 Å². The van der Waals surface area contributed by atoms with Gasteiger partial charge in [-0.05, 0) is 101 Å². The first-order valence-corrected chi connectivity index (χ1v) is 12.4. The second-order valence-corrected chi connectivity index (χ2v) is 9.71. The van der Waals surface area contributed by atoms with Gasteiger partial charge in [-0.2, -0.15) is 18.3 Å². The van der Waals surface area contributed by atoms with Crippen LogP contribution in [0.1, 0.15) is 67.8 Å². The minimum Gasteiger partial charge on any atom is -0.317 e. The Kier molecular flexibility index (Phi) is 8.02. The molecule has 2 N–H and O–H groups in total. The van der Waals surface area contributed by atoms with E-state index < -0.39 is 11.7 Å². The first-order chi connectivity index (χ1) is 16.7. The van der Waals surface area contributed by atoms with Crippen molar-refractivity contribution in [1.82, 2.24) is 20.8 Å². The van der Waals surface area contributed by atoms with E-state index in [0.29, 0.717) is 11.3 Å². The maximum absolute atomic E-state index is 13.4. The molecule has 1 aliphatic heterocycles. The van der Waals surface area contributed by atoms with Gasteiger partial charge in [-0.15, -0.1) is 5.10 Å². The summed E-state index contributed by atoms with van der Waals surface area (Å²) in [5, 5.41) is 15.8. The highest BCUT2D eigenvalue weighted by Crippen LogP contribution is 2.37. The third-order valence-electron chi connectivity index (χ3n) is 6.87. The van der Waals surface area contributed by atoms with E-state index in [-0.39, 0.29) is 12.1 Å². The van der Waals surface area contributed by atoms with Gasteiger partial charge in [0.15, 0.2) is 0 Å². The number of allylic oxidation sites excluding steroid dienone is 2. The van der Waals surface area contributed by atoms with Gasteiger partial charge < -0.3 is 5.32 Å². The minimum absolute atomic E-state index is 0.00421. The van der Waals surface area contributed by atoms with Crippen molar-refractivity contribution >= 4 is 11.8 Å². The molecule has 1 aromatic carbocycles. The zero-order valence-corrected chi connectivity index (χ0v) is 20.6. The minimum atomic E-state index is -4.42. The van der Waals surface area contributed by atoms with Crippen molar-refractivity contribution in [1.29, 1.82) is 0 Å². The lowest BCUT2D eigenvalue weighted by Gasteiger charge is -2.25. The average Bonchev–Trinajstić information content (AvgIpc) is 3.67. The van der Waals surface area contributed by atoms with Crippen LogP contribution in [0, 0.1) is 12.8 Å². The smallest absolute Gasteiger partial charge is 0.317 e. The van der Waals surface area contributed by atoms with Gasteiger partial charge in [0.25, 0.3) is 0 Å². The van der Waals surface area contributed by atoms with E-state index in [1.54, 1.807) is 12.3 Å². The Morgan fingerprint density at radius 3 is 2.63 bits per heavy atom. The fraction of sp³-hybridized carbons (Fsp3) is 0.519. The number of hydrogen-bond acceptors (Lipinski definition) is 5. The maximum Gasteiger partial charge on any atom is 0.416 e. The second kappa shape index (κ2) is 11.0. The van der Waals surface area contributed by atoms with Crippen molar-refractivity contribution in [3.05, 3.63) is 52.7 Å². The summed E-state index contributed by atoms with van der Waals surface area (Å²) >= 11 is 0. The zero-order valence-electron chi connectivity index (χ0n) is 20.6. The molecule has 1 aliphatic carbocycles. The Morgan fingerprint density at radius 2 is 1.94 bits per heavy atom. The number of hydrogen-bond donors (Lipinski definition) is 2. The first-order valence-electron chi connectivity index (χ1n) is 12.4. The second-order valence-electron chi connectivity index (χ2n) is 9.71. The molecular formula is C27H34F3N5. The molecule has 35 heavy (non-hydrogen) atoms. The van der Waals surface area contributed by atoms with Gasteiger partial charge in [-0.3, -0.25) is 10.3 Å². The molecule has 0 radical (unpaired) electrons. The number of nitrogens with zero attached hydrogens (tertiary/aromatic N) is 3. The SMILES string of the molecule is C/C(=C\C=N/C(C)NCC1CC1)c1c(-c2cccc(C(F)(F)F)c2)nnc(C2CCNCC2)c1C. The Bertz CT molecular complexity index is 1080. The molecule has 1 atom stereocenters. The lowest BCUT2D eigenvalue weighted by atomic mass is 9.87. The van der Waals surface area contributed by atoms with Crippen molar-refractivity contribution < 1.29 is 13.2 Å². The summed E-state index contributed by atoms with van der Waals surface area (Å²) in [7, 11) is 0. The van der Waals surface area contributed by atoms with Crippen molar-refractivity contribution in [2.45, 2.75) is 64.7 Å². The van der Waals surface area contributed by atoms with Crippen LogP contribution in [-0.2, 0) is 6.18 Å². The number of piperidine rings is 1. The molecule has 5 nitrogen and oxygen atoms in total. The van der Waals surface area contributed by atoms with Gasteiger partial charge in [0.2, 0.25) is 0 Å². The summed E-state index contributed by atoms with van der Waals surface area (Å²) in [6, 6.07) is 5.33. The Hall–Kier alpha value is -2.58. The maximum atomic E-state index is 13.4. The normalized spacial score (nSPS) is 18.9. The van der Waals surface area contributed by atoms with Crippen LogP contribution in [0.4, 0.5) is 13.2 Å². The van der Waals surface area contributed by atoms with Gasteiger partial charge in [-0.25, -0.2) is 0 Å². The quantitative estimate of drug-likeness (QED) is 0.467. The Morgan fingerprint density at radius 1 is 1.20 bits per heavy atom. The summed E-state index contributed by atoms with van der Waals surface area (Å²) in [5.41, 5.74) is 3.82. The molecular weight excluding hydrogens is 451 g/mol. The molecule has 0 bridgehead atoms. The molecule has 1 saturated carbocycles. The van der Waals surface area contributed by atoms with Crippen LogP contribution in [0.5, 0.6) is 0 Å². The number of alkyl halides is 3. The summed E-state index contributed by atoms with van der Waals surface area (Å²) in [6.07, 6.45) is 3.78. The topological polar surface area (TPSA) is 62.2 Å². The van der Waals surface area contributed by atoms with E-state index in [0.717, 1.165) is 72.9 Å². The highest BCUT2D eigenvalue weighted by Gasteiger charge is 2.31. The van der Waals surface area contributed by atoms with Crippen LogP contribution in [-0.4, -0.2) is 42.2 Å². The van der Waals surface area contributed by atoms with Gasteiger partial charge in [-0.1, -0.05) is 12.1 Å². The van der Waals surface area contributed by atoms with Gasteiger partial charge in [0, 0.05) is 23.3 Å². The van der Waals surface area contributed by atoms with E-state index in [1.807, 2.05) is 26.8 Å². The molecule has 1 unspecified atom stereocenters. The molecule has 188 valence electrons. The summed E-state index contributed by atoms with van der Waals surface area (Å²) in [5.74, 6) is 1.06. The van der Waals surface area contributed by atoms with Crippen LogP contribution in [0.3, 0.4) is 0 Å². The lowest BCUT2D eigenvalue weighted by Crippen LogP contribution is -2.27. The third-order valence-corrected chi connectivity index (χ3v) is 6.87. The molecule has 0 spiro atoms. The number of benzene rings is 1. The molecule has 2 heterocycles. The number of rotatable bonds is 8. The average molecular weight is 486 g/mol. The van der Waals surface area contributed by atoms with Gasteiger partial charge in [0.1, 0.15) is 5.69 Å². The monoisotopic (exact) mass is 485 g/mol. The molecule has 8 heteroatoms. The Balaban J connectivity index is 1.70. The highest BCUT2D eigenvalue weighted by molar-refractivity contribution is 5.89. The van der Waals surface area contributed by atoms with Crippen LogP contribution in [0.25, 0.3) is 16.8 Å². The van der Waals surface area contributed by atoms with Crippen LogP contribution >= 0.6 is 0 Å². The molecule has 2 fully saturated rings. The van der Waals surface area contributed by atoms with E-state index in [2.05, 4.69) is 25.8 Å². The Labute approximate surface area is 205 Å². The van der Waals surface area contributed by atoms with Gasteiger partial charge in [0.05, 0.1) is 17.4 Å². The van der Waals surface area contributed by atoms with Crippen molar-refractivity contribution in [3.8, 4) is 11.3 Å². The predicted octanol–water partition coefficient (Wildman–Crippen LogP) is 5.76. The summed E-state index contributed by atoms with van der Waals surface area (Å²) in [4.78, 5) is 4.57. The van der Waals surface area contributed by atoms with Crippen LogP contribution in [0.15, 0.2) is 35.3 Å². The fourth-order valence-electron chi connectivity index (χ4n) is 4.62. The number of nitrogens with one attached hydrogen (secondary N) is 2. The summed E-state index contributed by atoms with van der Waals surface area (Å²) < 4.78 is 40.2. The van der Waals surface area contributed by atoms with Crippen molar-refractivity contribution in [2.75, 3.05) is 19.6 Å². The standard InChI is InChI=1S/C27H34F3N5/c1-17(9-14-32-19(3)33-16-20-7-8-20)24-18(2)25(21-10-12-31-13-11-21)34-35-26(24)22-5-4-6-23(15-22)27(28,29)30/h4-6,9,14-15,19-21,31,33H,7-8,10-13,16H2,1-3H3/b17-9+,32-14-. The molecule has 2 aromatic rings. The van der Waals surface area contributed by atoms with Crippen LogP contribution < -0.4 is 10.6 Å². The molecule has 4 rings (SSSR count). The molecule has 0 amide bonds. The molecule has 1 aromatic heterocycles. The van der Waals surface area contributed by atoms with Crippen molar-refractivity contribution in [2.24, 2.45) is 10.9 Å². The van der Waals surface area contributed by atoms with E-state index in [1.165, 1.54) is 18.9 Å². The fourth-order valence-corrected chi connectivity index (χ4v) is 4.62.